The third-order valence-corrected chi connectivity index (χ3v) is 0.319. The topological polar surface area (TPSA) is 34.0 Å². The maximum absolute atomic E-state index is 4.41. The van der Waals surface area contributed by atoms with E-state index in [9.17, 15) is 0 Å². The van der Waals surface area contributed by atoms with Crippen molar-refractivity contribution in [1.82, 2.24) is 0 Å². The van der Waals surface area contributed by atoms with E-state index in [2.05, 4.69) is 15.0 Å². The molecule has 0 aromatic heterocycles. The van der Waals surface area contributed by atoms with Crippen LogP contribution in [0.2, 0.25) is 0 Å². The van der Waals surface area contributed by atoms with Crippen LogP contribution in [-0.2, 0) is 4.84 Å². The van der Waals surface area contributed by atoms with Gasteiger partial charge in [-0.15, -0.1) is 0 Å². The highest BCUT2D eigenvalue weighted by molar-refractivity contribution is 5.54. The third kappa shape index (κ3) is 5.14. The van der Waals surface area contributed by atoms with Crippen LogP contribution in [-0.4, -0.2) is 19.7 Å². The summed E-state index contributed by atoms with van der Waals surface area (Å²) < 4.78 is 0. The quantitative estimate of drug-likeness (QED) is 0.285. The van der Waals surface area contributed by atoms with Crippen molar-refractivity contribution in [2.75, 3.05) is 7.05 Å². The first-order chi connectivity index (χ1) is 3.41. The highest BCUT2D eigenvalue weighted by Crippen LogP contribution is 1.63. The highest BCUT2D eigenvalue weighted by atomic mass is 16.6. The van der Waals surface area contributed by atoms with E-state index in [1.165, 1.54) is 6.40 Å². The molecule has 0 saturated carbocycles. The molecule has 0 amide bonds. The molecule has 0 aliphatic carbocycles. The Labute approximate surface area is 42.7 Å². The summed E-state index contributed by atoms with van der Waals surface area (Å²) in [6, 6.07) is 0. The fourth-order valence-corrected chi connectivity index (χ4v) is 0.135. The van der Waals surface area contributed by atoms with Crippen molar-refractivity contribution in [2.24, 2.45) is 10.1 Å². The first kappa shape index (κ1) is 6.14. The van der Waals surface area contributed by atoms with Crippen LogP contribution in [0.15, 0.2) is 10.1 Å². The van der Waals surface area contributed by atoms with Crippen LogP contribution in [0.4, 0.5) is 0 Å². The van der Waals surface area contributed by atoms with E-state index >= 15 is 0 Å². The van der Waals surface area contributed by atoms with Crippen LogP contribution in [0.5, 0.6) is 0 Å². The molecular formula is C4H8N2O. The molecule has 0 saturated heterocycles. The summed E-state index contributed by atoms with van der Waals surface area (Å²) in [6.07, 6.45) is 2.81. The maximum Gasteiger partial charge on any atom is 0.207 e. The number of hydrogen-bond acceptors (Lipinski definition) is 3. The van der Waals surface area contributed by atoms with Crippen LogP contribution in [0.25, 0.3) is 0 Å². The zero-order chi connectivity index (χ0) is 5.54. The molecule has 40 valence electrons. The second-order valence-corrected chi connectivity index (χ2v) is 0.833. The number of aliphatic imine (C=N–C) groups is 1. The molecule has 0 N–H and O–H groups in total. The standard InChI is InChI=1S/C4H8N2O/c1-3-6-7-4-5-2/h3-4H,1-2H3/b5-4-,6-3-. The molecule has 0 radical (unpaired) electrons. The molecule has 7 heavy (non-hydrogen) atoms. The minimum Gasteiger partial charge on any atom is -0.345 e. The fourth-order valence-electron chi connectivity index (χ4n) is 0.135. The zero-order valence-electron chi connectivity index (χ0n) is 4.46. The van der Waals surface area contributed by atoms with Crippen molar-refractivity contribution in [3.63, 3.8) is 0 Å². The Kier molecular flexibility index (Phi) is 4.51. The molecule has 0 atom stereocenters. The summed E-state index contributed by atoms with van der Waals surface area (Å²) in [4.78, 5) is 7.92. The Hall–Kier alpha value is -0.860. The van der Waals surface area contributed by atoms with Gasteiger partial charge in [-0.05, 0) is 6.92 Å². The van der Waals surface area contributed by atoms with Gasteiger partial charge in [0.25, 0.3) is 0 Å². The average Bonchev–Trinajstić information content (AvgIpc) is 1.69. The number of rotatable bonds is 2. The van der Waals surface area contributed by atoms with Crippen molar-refractivity contribution in [3.05, 3.63) is 0 Å². The summed E-state index contributed by atoms with van der Waals surface area (Å²) in [5.41, 5.74) is 0. The summed E-state index contributed by atoms with van der Waals surface area (Å²) in [5.74, 6) is 0. The third-order valence-electron chi connectivity index (χ3n) is 0.319. The molecule has 0 heterocycles. The molecule has 0 fully saturated rings. The SMILES string of the molecule is C/C=N\O/C=N\C. The van der Waals surface area contributed by atoms with Gasteiger partial charge >= 0.3 is 0 Å². The van der Waals surface area contributed by atoms with Gasteiger partial charge in [0, 0.05) is 13.3 Å². The predicted octanol–water partition coefficient (Wildman–Crippen LogP) is 0.667. The predicted molar refractivity (Wildman–Crippen MR) is 29.7 cm³/mol. The van der Waals surface area contributed by atoms with Crippen LogP contribution in [0.3, 0.4) is 0 Å². The first-order valence-electron chi connectivity index (χ1n) is 1.96. The lowest BCUT2D eigenvalue weighted by molar-refractivity contribution is 0.346. The lowest BCUT2D eigenvalue weighted by Gasteiger charge is -1.79. The average molecular weight is 100 g/mol. The van der Waals surface area contributed by atoms with E-state index in [-0.39, 0.29) is 0 Å². The molecule has 0 bridgehead atoms. The largest absolute Gasteiger partial charge is 0.345 e. The molecule has 3 heteroatoms. The molecule has 0 spiro atoms. The van der Waals surface area contributed by atoms with Crippen LogP contribution >= 0.6 is 0 Å². The lowest BCUT2D eigenvalue weighted by atomic mass is 10.9. The van der Waals surface area contributed by atoms with Crippen molar-refractivity contribution >= 4 is 12.6 Å². The summed E-state index contributed by atoms with van der Waals surface area (Å²) in [6.45, 7) is 1.77. The van der Waals surface area contributed by atoms with Crippen LogP contribution < -0.4 is 0 Å². The number of hydrogen-bond donors (Lipinski definition) is 0. The van der Waals surface area contributed by atoms with Crippen molar-refractivity contribution < 1.29 is 4.84 Å². The second kappa shape index (κ2) is 5.14. The Morgan fingerprint density at radius 2 is 2.29 bits per heavy atom. The molecule has 0 rings (SSSR count). The Balaban J connectivity index is 2.98. The van der Waals surface area contributed by atoms with E-state index in [0.717, 1.165) is 0 Å². The summed E-state index contributed by atoms with van der Waals surface area (Å²) in [7, 11) is 1.62. The van der Waals surface area contributed by atoms with Gasteiger partial charge in [0.15, 0.2) is 0 Å². The van der Waals surface area contributed by atoms with Crippen molar-refractivity contribution in [1.29, 1.82) is 0 Å². The van der Waals surface area contributed by atoms with E-state index in [1.807, 2.05) is 0 Å². The van der Waals surface area contributed by atoms with Gasteiger partial charge in [0.2, 0.25) is 6.40 Å². The Morgan fingerprint density at radius 1 is 1.57 bits per heavy atom. The molecule has 0 unspecified atom stereocenters. The smallest absolute Gasteiger partial charge is 0.207 e. The van der Waals surface area contributed by atoms with Crippen LogP contribution in [0, 0.1) is 0 Å². The van der Waals surface area contributed by atoms with Gasteiger partial charge < -0.3 is 4.84 Å². The highest BCUT2D eigenvalue weighted by Gasteiger charge is 1.59. The molecule has 0 aliphatic heterocycles. The molecule has 0 aromatic carbocycles. The van der Waals surface area contributed by atoms with E-state index in [1.54, 1.807) is 20.2 Å². The molecule has 0 aliphatic rings. The van der Waals surface area contributed by atoms with Gasteiger partial charge in [0.05, 0.1) is 0 Å². The maximum atomic E-state index is 4.41. The monoisotopic (exact) mass is 100 g/mol. The summed E-state index contributed by atoms with van der Waals surface area (Å²) in [5, 5.41) is 3.39. The Morgan fingerprint density at radius 3 is 2.71 bits per heavy atom. The molecular weight excluding hydrogens is 92.1 g/mol. The first-order valence-corrected chi connectivity index (χ1v) is 1.96. The Bertz CT molecular complexity index is 67.8. The molecule has 3 nitrogen and oxygen atoms in total. The summed E-state index contributed by atoms with van der Waals surface area (Å²) >= 11 is 0. The van der Waals surface area contributed by atoms with Crippen LogP contribution in [0.1, 0.15) is 6.92 Å². The second-order valence-electron chi connectivity index (χ2n) is 0.833. The van der Waals surface area contributed by atoms with Gasteiger partial charge in [-0.2, -0.15) is 0 Å². The van der Waals surface area contributed by atoms with Gasteiger partial charge in [-0.1, -0.05) is 5.16 Å². The minimum atomic E-state index is 1.26. The van der Waals surface area contributed by atoms with Crippen molar-refractivity contribution in [2.45, 2.75) is 6.92 Å². The zero-order valence-corrected chi connectivity index (χ0v) is 4.46. The van der Waals surface area contributed by atoms with Crippen molar-refractivity contribution in [3.8, 4) is 0 Å². The number of oxime groups is 1. The van der Waals surface area contributed by atoms with Gasteiger partial charge in [-0.25, -0.2) is 0 Å². The van der Waals surface area contributed by atoms with Gasteiger partial charge in [0.1, 0.15) is 0 Å². The lowest BCUT2D eigenvalue weighted by Crippen LogP contribution is -1.73. The minimum absolute atomic E-state index is 1.26. The van der Waals surface area contributed by atoms with E-state index in [0.29, 0.717) is 0 Å². The van der Waals surface area contributed by atoms with E-state index in [4.69, 9.17) is 0 Å². The fraction of sp³-hybridized carbons (Fsp3) is 0.500. The normalized spacial score (nSPS) is 11.1. The van der Waals surface area contributed by atoms with E-state index < -0.39 is 0 Å². The molecule has 0 aromatic rings. The van der Waals surface area contributed by atoms with Gasteiger partial charge in [-0.3, -0.25) is 4.99 Å². The number of nitrogens with zero attached hydrogens (tertiary/aromatic N) is 2.